The van der Waals surface area contributed by atoms with Crippen LogP contribution in [0.3, 0.4) is 0 Å². The molecule has 1 aliphatic carbocycles. The van der Waals surface area contributed by atoms with Crippen LogP contribution in [0.25, 0.3) is 0 Å². The van der Waals surface area contributed by atoms with E-state index in [1.807, 2.05) is 0 Å². The van der Waals surface area contributed by atoms with E-state index in [9.17, 15) is 0 Å². The third kappa shape index (κ3) is 2.32. The van der Waals surface area contributed by atoms with E-state index in [0.29, 0.717) is 0 Å². The van der Waals surface area contributed by atoms with Crippen molar-refractivity contribution >= 4 is 6.54 Å². The third-order valence-corrected chi connectivity index (χ3v) is 15.5. The van der Waals surface area contributed by atoms with Gasteiger partial charge in [0.25, 0.3) is 0 Å². The zero-order valence-electron chi connectivity index (χ0n) is 11.2. The summed E-state index contributed by atoms with van der Waals surface area (Å²) < 4.78 is 7.35. The molecule has 19 heavy (non-hydrogen) atoms. The van der Waals surface area contributed by atoms with Gasteiger partial charge < -0.3 is 0 Å². The van der Waals surface area contributed by atoms with Gasteiger partial charge in [0, 0.05) is 0 Å². The summed E-state index contributed by atoms with van der Waals surface area (Å²) in [5, 5.41) is 0. The Hall–Kier alpha value is -1.20. The Morgan fingerprint density at radius 2 is 1.32 bits per heavy atom. The van der Waals surface area contributed by atoms with Crippen LogP contribution in [0.2, 0.25) is 4.63 Å². The molecule has 94 valence electrons. The Bertz CT molecular complexity index is 569. The molecule has 3 rings (SSSR count). The van der Waals surface area contributed by atoms with Crippen LogP contribution in [-0.2, 0) is 20.3 Å². The molecule has 1 heteroatoms. The normalized spacial score (nSPS) is 14.5. The quantitative estimate of drug-likeness (QED) is 0.807. The third-order valence-electron chi connectivity index (χ3n) is 4.12. The fourth-order valence-corrected chi connectivity index (χ4v) is 12.1. The Morgan fingerprint density at radius 3 is 1.74 bits per heavy atom. The van der Waals surface area contributed by atoms with Crippen LogP contribution in [0.15, 0.2) is 82.2 Å². The molecule has 0 saturated heterocycles. The van der Waals surface area contributed by atoms with Crippen LogP contribution in [0, 0.1) is 0 Å². The van der Waals surface area contributed by atoms with Crippen molar-refractivity contribution in [3.63, 3.8) is 0 Å². The van der Waals surface area contributed by atoms with Gasteiger partial charge in [0.05, 0.1) is 0 Å². The number of benzene rings is 2. The first-order chi connectivity index (χ1) is 9.32. The molecule has 0 amide bonds. The predicted molar refractivity (Wildman–Crippen MR) is 79.9 cm³/mol. The molecule has 0 radical (unpaired) electrons. The Morgan fingerprint density at radius 1 is 0.789 bits per heavy atom. The minimum absolute atomic E-state index is 1.14. The van der Waals surface area contributed by atoms with E-state index in [1.165, 1.54) is 0 Å². The van der Waals surface area contributed by atoms with E-state index in [2.05, 4.69) is 83.5 Å². The molecule has 0 saturated carbocycles. The first-order valence-corrected chi connectivity index (χ1v) is 12.9. The minimum atomic E-state index is -2.66. The van der Waals surface area contributed by atoms with E-state index in [1.54, 1.807) is 9.82 Å². The zero-order chi connectivity index (χ0) is 13.1. The van der Waals surface area contributed by atoms with Crippen LogP contribution in [0.1, 0.15) is 6.42 Å². The second kappa shape index (κ2) is 5.43. The molecule has 1 aliphatic rings. The molecule has 0 fully saturated rings. The Labute approximate surface area is 119 Å². The van der Waals surface area contributed by atoms with Gasteiger partial charge in [0.15, 0.2) is 0 Å². The molecule has 0 aromatic heterocycles. The molecule has 0 N–H and O–H groups in total. The van der Waals surface area contributed by atoms with Gasteiger partial charge in [0.2, 0.25) is 0 Å². The van der Waals surface area contributed by atoms with Crippen LogP contribution in [0.5, 0.6) is 0 Å². The number of allylic oxidation sites excluding steroid dienone is 4. The maximum absolute atomic E-state index is 2.66. The average Bonchev–Trinajstić information content (AvgIpc) is 3.03. The van der Waals surface area contributed by atoms with Crippen molar-refractivity contribution in [2.24, 2.45) is 0 Å². The summed E-state index contributed by atoms with van der Waals surface area (Å²) in [6, 6.07) is 22.2. The summed E-state index contributed by atoms with van der Waals surface area (Å²) in [5.74, 6) is 0. The first kappa shape index (κ1) is 12.8. The molecule has 0 nitrogen and oxygen atoms in total. The van der Waals surface area contributed by atoms with Gasteiger partial charge in [-0.3, -0.25) is 0 Å². The predicted octanol–water partition coefficient (Wildman–Crippen LogP) is 3.68. The topological polar surface area (TPSA) is 0 Å². The number of hydrogen-bond donors (Lipinski definition) is 0. The van der Waals surface area contributed by atoms with Gasteiger partial charge in [-0.05, 0) is 0 Å². The van der Waals surface area contributed by atoms with E-state index in [-0.39, 0.29) is 0 Å². The zero-order valence-corrected chi connectivity index (χ0v) is 13.7. The fraction of sp³-hybridized carbons (Fsp3) is 0.111. The molecule has 2 aromatic carbocycles. The van der Waals surface area contributed by atoms with E-state index in [0.717, 1.165) is 6.42 Å². The summed E-state index contributed by atoms with van der Waals surface area (Å²) in [5.41, 5.74) is 0. The molecular formula is C18H18Zr. The molecule has 0 unspecified atom stereocenters. The molecule has 0 atom stereocenters. The summed E-state index contributed by atoms with van der Waals surface area (Å²) >= 11 is -2.66. The van der Waals surface area contributed by atoms with Crippen molar-refractivity contribution in [3.05, 3.63) is 82.2 Å². The number of rotatable bonds is 3. The van der Waals surface area contributed by atoms with E-state index < -0.39 is 20.3 Å². The van der Waals surface area contributed by atoms with Crippen LogP contribution < -0.4 is 6.54 Å². The SMILES string of the molecule is [CH3][Zr]([C]1=CC=CC1)([c]1ccccc1)[c]1ccccc1. The van der Waals surface area contributed by atoms with Crippen molar-refractivity contribution in [1.29, 1.82) is 0 Å². The summed E-state index contributed by atoms with van der Waals surface area (Å²) in [7, 11) is 0. The summed E-state index contributed by atoms with van der Waals surface area (Å²) in [4.78, 5) is 0. The molecular weight excluding hydrogens is 307 g/mol. The summed E-state index contributed by atoms with van der Waals surface area (Å²) in [6.07, 6.45) is 8.00. The van der Waals surface area contributed by atoms with Crippen LogP contribution >= 0.6 is 0 Å². The van der Waals surface area contributed by atoms with Gasteiger partial charge in [-0.2, -0.15) is 0 Å². The molecule has 0 bridgehead atoms. The van der Waals surface area contributed by atoms with Gasteiger partial charge in [-0.15, -0.1) is 0 Å². The molecule has 0 heterocycles. The van der Waals surface area contributed by atoms with E-state index in [4.69, 9.17) is 0 Å². The fourth-order valence-electron chi connectivity index (χ4n) is 2.90. The van der Waals surface area contributed by atoms with Crippen LogP contribution in [0.4, 0.5) is 0 Å². The molecule has 0 spiro atoms. The second-order valence-corrected chi connectivity index (χ2v) is 15.1. The first-order valence-electron chi connectivity index (χ1n) is 6.79. The molecule has 0 aliphatic heterocycles. The standard InChI is InChI=1S/2C6H5.C5H5.CH3.Zr/c2*1-2-4-6-5-3-1;1-2-4-5-3-1;;/h2*1-5H;1-3H,4H2;1H3;. The number of hydrogen-bond acceptors (Lipinski definition) is 0. The second-order valence-electron chi connectivity index (χ2n) is 5.18. The van der Waals surface area contributed by atoms with Gasteiger partial charge in [-0.1, -0.05) is 0 Å². The van der Waals surface area contributed by atoms with Crippen molar-refractivity contribution in [2.45, 2.75) is 11.1 Å². The van der Waals surface area contributed by atoms with Gasteiger partial charge >= 0.3 is 120 Å². The van der Waals surface area contributed by atoms with Crippen molar-refractivity contribution in [2.75, 3.05) is 0 Å². The van der Waals surface area contributed by atoms with Gasteiger partial charge in [-0.25, -0.2) is 0 Å². The maximum atomic E-state index is 2.54. The van der Waals surface area contributed by atoms with Crippen LogP contribution in [-0.4, -0.2) is 0 Å². The Kier molecular flexibility index (Phi) is 3.66. The van der Waals surface area contributed by atoms with Crippen molar-refractivity contribution < 1.29 is 20.3 Å². The Balaban J connectivity index is 2.17. The molecule has 2 aromatic rings. The van der Waals surface area contributed by atoms with Gasteiger partial charge in [0.1, 0.15) is 0 Å². The average molecular weight is 326 g/mol. The summed E-state index contributed by atoms with van der Waals surface area (Å²) in [6.45, 7) is 0. The van der Waals surface area contributed by atoms with Crippen molar-refractivity contribution in [1.82, 2.24) is 0 Å². The van der Waals surface area contributed by atoms with E-state index >= 15 is 0 Å². The van der Waals surface area contributed by atoms with Crippen molar-refractivity contribution in [3.8, 4) is 0 Å². The monoisotopic (exact) mass is 324 g/mol.